The van der Waals surface area contributed by atoms with Gasteiger partial charge in [0.2, 0.25) is 0 Å². The molecule has 0 aromatic carbocycles. The van der Waals surface area contributed by atoms with Crippen LogP contribution in [0.25, 0.3) is 0 Å². The fraction of sp³-hybridized carbons (Fsp3) is 0.571. The van der Waals surface area contributed by atoms with Crippen LogP contribution in [-0.2, 0) is 0 Å². The van der Waals surface area contributed by atoms with Crippen LogP contribution in [0, 0.1) is 17.8 Å². The molecule has 0 atom stereocenters. The molecule has 0 saturated heterocycles. The molecule has 6 rings (SSSR count). The molecule has 3 nitrogen and oxygen atoms in total. The highest BCUT2D eigenvalue weighted by Crippen LogP contribution is 2.55. The molecule has 1 aliphatic heterocycles. The lowest BCUT2D eigenvalue weighted by Gasteiger charge is -2.57. The van der Waals surface area contributed by atoms with Crippen LogP contribution >= 0.6 is 0 Å². The van der Waals surface area contributed by atoms with Gasteiger partial charge in [-0.1, -0.05) is 0 Å². The van der Waals surface area contributed by atoms with Gasteiger partial charge in [-0.05, 0) is 93.4 Å². The molecule has 1 aromatic heterocycles. The number of hydrogen-bond donors (Lipinski definition) is 2. The maximum Gasteiger partial charge on any atom is 0.0904 e. The van der Waals surface area contributed by atoms with Gasteiger partial charge in [0.25, 0.3) is 0 Å². The first-order valence-corrected chi connectivity index (χ1v) is 9.50. The second-order valence-corrected chi connectivity index (χ2v) is 8.67. The smallest absolute Gasteiger partial charge is 0.0904 e. The Morgan fingerprint density at radius 1 is 1.08 bits per heavy atom. The third-order valence-electron chi connectivity index (χ3n) is 6.94. The van der Waals surface area contributed by atoms with E-state index in [0.717, 1.165) is 34.9 Å². The average Bonchev–Trinajstić information content (AvgIpc) is 3.15. The van der Waals surface area contributed by atoms with Gasteiger partial charge >= 0.3 is 0 Å². The predicted octanol–water partition coefficient (Wildman–Crippen LogP) is 4.55. The molecule has 1 aromatic rings. The Kier molecular flexibility index (Phi) is 3.10. The molecule has 126 valence electrons. The number of aromatic nitrogens is 1. The van der Waals surface area contributed by atoms with Gasteiger partial charge in [-0.15, -0.1) is 0 Å². The van der Waals surface area contributed by atoms with Crippen molar-refractivity contribution in [1.82, 2.24) is 10.3 Å². The third kappa shape index (κ3) is 2.21. The zero-order valence-electron chi connectivity index (χ0n) is 14.7. The van der Waals surface area contributed by atoms with Gasteiger partial charge in [-0.3, -0.25) is 0 Å². The van der Waals surface area contributed by atoms with E-state index >= 15 is 0 Å². The lowest BCUT2D eigenvalue weighted by Crippen LogP contribution is -2.57. The number of H-pyrrole nitrogens is 1. The topological polar surface area (TPSA) is 40.2 Å². The standard InChI is InChI=1S/C21H27N3/c1-13-14(2)20(18-4-3-5-22-18)24-19(13)12-23-21-9-15-6-16(10-21)8-17(7-15)11-21/h3-5,12,15-17,22-23H,6-11H2,1-2H3/b19-12+. The van der Waals surface area contributed by atoms with Crippen LogP contribution in [0.2, 0.25) is 0 Å². The minimum Gasteiger partial charge on any atom is -0.384 e. The first-order chi connectivity index (χ1) is 11.6. The average molecular weight is 321 g/mol. The molecule has 2 heterocycles. The lowest BCUT2D eigenvalue weighted by atomic mass is 9.53. The van der Waals surface area contributed by atoms with Crippen molar-refractivity contribution in [1.29, 1.82) is 0 Å². The van der Waals surface area contributed by atoms with Gasteiger partial charge in [0.15, 0.2) is 0 Å². The number of aromatic amines is 1. The zero-order valence-corrected chi connectivity index (χ0v) is 14.7. The lowest BCUT2D eigenvalue weighted by molar-refractivity contribution is -0.0130. The number of nitrogens with one attached hydrogen (secondary N) is 2. The van der Waals surface area contributed by atoms with Crippen LogP contribution in [0.5, 0.6) is 0 Å². The van der Waals surface area contributed by atoms with Crippen molar-refractivity contribution in [3.8, 4) is 0 Å². The maximum absolute atomic E-state index is 4.92. The maximum atomic E-state index is 4.92. The van der Waals surface area contributed by atoms with E-state index in [9.17, 15) is 0 Å². The molecule has 5 aliphatic rings. The van der Waals surface area contributed by atoms with E-state index in [1.807, 2.05) is 12.3 Å². The normalized spacial score (nSPS) is 39.0. The van der Waals surface area contributed by atoms with Crippen LogP contribution in [0.15, 0.2) is 46.4 Å². The SMILES string of the molecule is CC1=C(C)/C(=C\NC23CC4CC(CC(C4)C2)C3)N=C1c1ccc[nH]1. The molecule has 0 unspecified atom stereocenters. The Balaban J connectivity index is 1.41. The van der Waals surface area contributed by atoms with E-state index in [4.69, 9.17) is 4.99 Å². The Hall–Kier alpha value is -1.77. The summed E-state index contributed by atoms with van der Waals surface area (Å²) in [6.07, 6.45) is 12.8. The quantitative estimate of drug-likeness (QED) is 0.842. The summed E-state index contributed by atoms with van der Waals surface area (Å²) < 4.78 is 0. The molecule has 4 saturated carbocycles. The molecule has 3 heteroatoms. The molecule has 24 heavy (non-hydrogen) atoms. The molecule has 2 N–H and O–H groups in total. The van der Waals surface area contributed by atoms with Gasteiger partial charge in [0.05, 0.1) is 17.1 Å². The number of nitrogens with zero attached hydrogens (tertiary/aromatic N) is 1. The van der Waals surface area contributed by atoms with E-state index < -0.39 is 0 Å². The van der Waals surface area contributed by atoms with Gasteiger partial charge < -0.3 is 10.3 Å². The van der Waals surface area contributed by atoms with Crippen molar-refractivity contribution in [3.63, 3.8) is 0 Å². The highest BCUT2D eigenvalue weighted by Gasteiger charge is 2.50. The van der Waals surface area contributed by atoms with E-state index in [1.165, 1.54) is 49.7 Å². The largest absolute Gasteiger partial charge is 0.384 e. The molecular weight excluding hydrogens is 294 g/mol. The van der Waals surface area contributed by atoms with Crippen LogP contribution in [0.4, 0.5) is 0 Å². The van der Waals surface area contributed by atoms with Gasteiger partial charge in [0, 0.05) is 17.9 Å². The Morgan fingerprint density at radius 2 is 1.75 bits per heavy atom. The molecule has 0 radical (unpaired) electrons. The summed E-state index contributed by atoms with van der Waals surface area (Å²) in [5, 5.41) is 3.87. The van der Waals surface area contributed by atoms with Crippen LogP contribution in [0.3, 0.4) is 0 Å². The fourth-order valence-corrected chi connectivity index (χ4v) is 6.05. The van der Waals surface area contributed by atoms with Crippen LogP contribution < -0.4 is 5.32 Å². The van der Waals surface area contributed by atoms with Crippen molar-refractivity contribution >= 4 is 5.71 Å². The fourth-order valence-electron chi connectivity index (χ4n) is 6.05. The highest BCUT2D eigenvalue weighted by atomic mass is 15.0. The summed E-state index contributed by atoms with van der Waals surface area (Å²) >= 11 is 0. The second-order valence-electron chi connectivity index (χ2n) is 8.67. The summed E-state index contributed by atoms with van der Waals surface area (Å²) in [7, 11) is 0. The van der Waals surface area contributed by atoms with Crippen molar-refractivity contribution in [3.05, 3.63) is 47.1 Å². The summed E-state index contributed by atoms with van der Waals surface area (Å²) in [5.41, 5.74) is 6.28. The molecule has 0 amide bonds. The molecule has 4 aliphatic carbocycles. The minimum atomic E-state index is 0.362. The monoisotopic (exact) mass is 321 g/mol. The van der Waals surface area contributed by atoms with Gasteiger partial charge in [-0.2, -0.15) is 0 Å². The van der Waals surface area contributed by atoms with E-state index in [-0.39, 0.29) is 0 Å². The van der Waals surface area contributed by atoms with Crippen molar-refractivity contribution in [2.45, 2.75) is 57.9 Å². The van der Waals surface area contributed by atoms with Crippen LogP contribution in [-0.4, -0.2) is 16.2 Å². The molecule has 0 spiro atoms. The van der Waals surface area contributed by atoms with Gasteiger partial charge in [-0.25, -0.2) is 4.99 Å². The van der Waals surface area contributed by atoms with E-state index in [1.54, 1.807) is 0 Å². The van der Waals surface area contributed by atoms with E-state index in [2.05, 4.69) is 36.4 Å². The Labute approximate surface area is 144 Å². The van der Waals surface area contributed by atoms with Crippen molar-refractivity contribution in [2.24, 2.45) is 22.7 Å². The summed E-state index contributed by atoms with van der Waals surface area (Å²) in [4.78, 5) is 8.21. The predicted molar refractivity (Wildman–Crippen MR) is 97.8 cm³/mol. The number of allylic oxidation sites excluding steroid dienone is 2. The minimum absolute atomic E-state index is 0.362. The Bertz CT molecular complexity index is 713. The van der Waals surface area contributed by atoms with E-state index in [0.29, 0.717) is 5.54 Å². The summed E-state index contributed by atoms with van der Waals surface area (Å²) in [6.45, 7) is 4.38. The highest BCUT2D eigenvalue weighted by molar-refractivity contribution is 6.14. The Morgan fingerprint density at radius 3 is 2.33 bits per heavy atom. The zero-order chi connectivity index (χ0) is 16.3. The second kappa shape index (κ2) is 5.11. The molecular formula is C21H27N3. The summed E-state index contributed by atoms with van der Waals surface area (Å²) in [5.74, 6) is 2.92. The first-order valence-electron chi connectivity index (χ1n) is 9.50. The van der Waals surface area contributed by atoms with Crippen molar-refractivity contribution in [2.75, 3.05) is 0 Å². The van der Waals surface area contributed by atoms with Crippen molar-refractivity contribution < 1.29 is 0 Å². The number of rotatable bonds is 3. The van der Waals surface area contributed by atoms with Gasteiger partial charge in [0.1, 0.15) is 0 Å². The number of aliphatic imine (C=N–C) groups is 1. The first kappa shape index (κ1) is 14.6. The number of hydrogen-bond acceptors (Lipinski definition) is 2. The third-order valence-corrected chi connectivity index (χ3v) is 6.94. The molecule has 4 bridgehead atoms. The molecule has 4 fully saturated rings. The summed E-state index contributed by atoms with van der Waals surface area (Å²) in [6, 6.07) is 4.14. The van der Waals surface area contributed by atoms with Crippen LogP contribution in [0.1, 0.15) is 58.1 Å².